The highest BCUT2D eigenvalue weighted by Crippen LogP contribution is 2.31. The van der Waals surface area contributed by atoms with Gasteiger partial charge in [-0.15, -0.1) is 4.72 Å². The maximum Gasteiger partial charge on any atom is 0.252 e. The van der Waals surface area contributed by atoms with Crippen molar-refractivity contribution in [1.82, 2.24) is 15.0 Å². The number of hydrogen-bond acceptors (Lipinski definition) is 5. The van der Waals surface area contributed by atoms with E-state index in [1.807, 2.05) is 45.7 Å². The van der Waals surface area contributed by atoms with Gasteiger partial charge in [-0.25, -0.2) is 4.98 Å². The third-order valence-corrected chi connectivity index (χ3v) is 6.10. The monoisotopic (exact) mass is 366 g/mol. The van der Waals surface area contributed by atoms with Crippen LogP contribution in [0.1, 0.15) is 75.6 Å². The van der Waals surface area contributed by atoms with Crippen LogP contribution in [-0.2, 0) is 17.9 Å². The van der Waals surface area contributed by atoms with Gasteiger partial charge in [0.05, 0.1) is 11.7 Å². The smallest absolute Gasteiger partial charge is 0.252 e. The molecule has 6 nitrogen and oxygen atoms in total. The Hall–Kier alpha value is -1.31. The zero-order valence-electron chi connectivity index (χ0n) is 16.3. The summed E-state index contributed by atoms with van der Waals surface area (Å²) in [7, 11) is 1.97. The number of carbonyl (C=O) groups excluding carboxylic acids is 1. The molecule has 7 heteroatoms. The molecule has 2 N–H and O–H groups in total. The van der Waals surface area contributed by atoms with Crippen LogP contribution in [0.25, 0.3) is 0 Å². The van der Waals surface area contributed by atoms with Crippen LogP contribution in [0.2, 0.25) is 0 Å². The van der Waals surface area contributed by atoms with E-state index in [4.69, 9.17) is 4.98 Å². The standard InChI is InChI=1S/C18H30N4O2S/c1-8-14(21-25(24)18(4,5)6)16-13-10-19-17(23)12(13)9-15(20-16)22(7)11(2)3/h9,11,14,21H,8,10H2,1-7H3,(H,19,23)/t14-,25+/m1/s1. The molecule has 0 saturated heterocycles. The summed E-state index contributed by atoms with van der Waals surface area (Å²) < 4.78 is 15.4. The Morgan fingerprint density at radius 1 is 1.44 bits per heavy atom. The molecule has 0 aliphatic carbocycles. The molecule has 0 bridgehead atoms. The van der Waals surface area contributed by atoms with Gasteiger partial charge in [-0.2, -0.15) is 0 Å². The van der Waals surface area contributed by atoms with Gasteiger partial charge in [0, 0.05) is 42.1 Å². The first kappa shape index (κ1) is 20.0. The summed E-state index contributed by atoms with van der Waals surface area (Å²) >= 11 is -1.21. The van der Waals surface area contributed by atoms with Crippen LogP contribution in [0.3, 0.4) is 0 Å². The van der Waals surface area contributed by atoms with Crippen molar-refractivity contribution in [1.29, 1.82) is 0 Å². The molecule has 0 radical (unpaired) electrons. The van der Waals surface area contributed by atoms with Gasteiger partial charge in [0.25, 0.3) is 5.91 Å². The van der Waals surface area contributed by atoms with Crippen LogP contribution >= 0.6 is 0 Å². The summed E-state index contributed by atoms with van der Waals surface area (Å²) in [5.74, 6) is 0.700. The van der Waals surface area contributed by atoms with Crippen molar-refractivity contribution in [2.45, 2.75) is 71.3 Å². The largest absolute Gasteiger partial charge is 0.598 e. The lowest BCUT2D eigenvalue weighted by molar-refractivity contribution is 0.0965. The van der Waals surface area contributed by atoms with E-state index in [-0.39, 0.29) is 22.7 Å². The fourth-order valence-electron chi connectivity index (χ4n) is 2.60. The SMILES string of the molecule is CC[C@@H](N[S@@+]([O-])C(C)(C)C)c1nc(N(C)C(C)C)cc2c1CNC2=O. The zero-order chi connectivity index (χ0) is 18.9. The first-order chi connectivity index (χ1) is 11.6. The minimum atomic E-state index is -1.21. The number of rotatable bonds is 6. The number of hydrogen-bond donors (Lipinski definition) is 2. The number of fused-ring (bicyclic) bond motifs is 1. The van der Waals surface area contributed by atoms with Crippen molar-refractivity contribution in [2.24, 2.45) is 0 Å². The van der Waals surface area contributed by atoms with Crippen molar-refractivity contribution >= 4 is 23.1 Å². The second-order valence-corrected chi connectivity index (χ2v) is 9.74. The molecule has 0 fully saturated rings. The number of amides is 1. The van der Waals surface area contributed by atoms with E-state index in [9.17, 15) is 9.35 Å². The van der Waals surface area contributed by atoms with Gasteiger partial charge in [-0.1, -0.05) is 6.92 Å². The highest BCUT2D eigenvalue weighted by atomic mass is 32.2. The number of carbonyl (C=O) groups is 1. The summed E-state index contributed by atoms with van der Waals surface area (Å²) in [6, 6.07) is 1.95. The van der Waals surface area contributed by atoms with E-state index in [0.717, 1.165) is 23.5 Å². The van der Waals surface area contributed by atoms with Crippen LogP contribution in [0.15, 0.2) is 6.07 Å². The van der Waals surface area contributed by atoms with E-state index >= 15 is 0 Å². The van der Waals surface area contributed by atoms with Gasteiger partial charge >= 0.3 is 0 Å². The van der Waals surface area contributed by atoms with Crippen molar-refractivity contribution in [3.63, 3.8) is 0 Å². The fourth-order valence-corrected chi connectivity index (χ4v) is 3.49. The lowest BCUT2D eigenvalue weighted by Crippen LogP contribution is -2.41. The summed E-state index contributed by atoms with van der Waals surface area (Å²) in [5, 5.41) is 2.88. The Bertz CT molecular complexity index is 643. The van der Waals surface area contributed by atoms with Crippen LogP contribution in [0, 0.1) is 0 Å². The molecule has 0 spiro atoms. The average Bonchev–Trinajstić information content (AvgIpc) is 2.91. The molecule has 2 rings (SSSR count). The molecule has 1 aliphatic heterocycles. The van der Waals surface area contributed by atoms with Crippen molar-refractivity contribution < 1.29 is 9.35 Å². The Labute approximate surface area is 154 Å². The van der Waals surface area contributed by atoms with Crippen molar-refractivity contribution in [2.75, 3.05) is 11.9 Å². The Morgan fingerprint density at radius 3 is 2.60 bits per heavy atom. The predicted molar refractivity (Wildman–Crippen MR) is 103 cm³/mol. The number of anilines is 1. The lowest BCUT2D eigenvalue weighted by Gasteiger charge is -2.29. The lowest BCUT2D eigenvalue weighted by atomic mass is 10.0. The molecule has 0 aromatic carbocycles. The molecule has 1 amide bonds. The first-order valence-electron chi connectivity index (χ1n) is 8.79. The van der Waals surface area contributed by atoms with Crippen LogP contribution in [0.5, 0.6) is 0 Å². The molecule has 1 aromatic rings. The second kappa shape index (κ2) is 7.51. The maximum atomic E-state index is 12.6. The molecular formula is C18H30N4O2S. The Kier molecular flexibility index (Phi) is 6.01. The topological polar surface area (TPSA) is 80.3 Å². The summed E-state index contributed by atoms with van der Waals surface area (Å²) in [4.78, 5) is 19.1. The van der Waals surface area contributed by atoms with E-state index in [1.54, 1.807) is 0 Å². The van der Waals surface area contributed by atoms with E-state index in [2.05, 4.69) is 23.9 Å². The fraction of sp³-hybridized carbons (Fsp3) is 0.667. The minimum absolute atomic E-state index is 0.0659. The van der Waals surface area contributed by atoms with Crippen LogP contribution < -0.4 is 14.9 Å². The molecular weight excluding hydrogens is 336 g/mol. The van der Waals surface area contributed by atoms with E-state index < -0.39 is 11.4 Å². The van der Waals surface area contributed by atoms with Gasteiger partial charge in [0.1, 0.15) is 10.6 Å². The summed E-state index contributed by atoms with van der Waals surface area (Å²) in [5.41, 5.74) is 2.41. The number of nitrogens with one attached hydrogen (secondary N) is 2. The maximum absolute atomic E-state index is 12.6. The van der Waals surface area contributed by atoms with Gasteiger partial charge < -0.3 is 14.8 Å². The predicted octanol–water partition coefficient (Wildman–Crippen LogP) is 2.67. The van der Waals surface area contributed by atoms with Crippen molar-refractivity contribution in [3.8, 4) is 0 Å². The van der Waals surface area contributed by atoms with Gasteiger partial charge in [-0.3, -0.25) is 4.79 Å². The molecule has 140 valence electrons. The summed E-state index contributed by atoms with van der Waals surface area (Å²) in [6.45, 7) is 12.5. The minimum Gasteiger partial charge on any atom is -0.598 e. The molecule has 1 aliphatic rings. The Morgan fingerprint density at radius 2 is 2.08 bits per heavy atom. The zero-order valence-corrected chi connectivity index (χ0v) is 17.1. The Balaban J connectivity index is 2.47. The number of aromatic nitrogens is 1. The molecule has 25 heavy (non-hydrogen) atoms. The normalized spacial score (nSPS) is 16.6. The summed E-state index contributed by atoms with van der Waals surface area (Å²) in [6.07, 6.45) is 0.740. The average molecular weight is 367 g/mol. The molecule has 1 aromatic heterocycles. The quantitative estimate of drug-likeness (QED) is 0.757. The van der Waals surface area contributed by atoms with Gasteiger partial charge in [0.15, 0.2) is 0 Å². The number of nitrogens with zero attached hydrogens (tertiary/aromatic N) is 2. The third kappa shape index (κ3) is 4.27. The van der Waals surface area contributed by atoms with E-state index in [0.29, 0.717) is 12.1 Å². The first-order valence-corrected chi connectivity index (χ1v) is 9.94. The highest BCUT2D eigenvalue weighted by Gasteiger charge is 2.33. The van der Waals surface area contributed by atoms with Crippen molar-refractivity contribution in [3.05, 3.63) is 22.9 Å². The van der Waals surface area contributed by atoms with Crippen LogP contribution in [-0.4, -0.2) is 33.3 Å². The van der Waals surface area contributed by atoms with Gasteiger partial charge in [-0.05, 0) is 47.1 Å². The van der Waals surface area contributed by atoms with E-state index in [1.165, 1.54) is 0 Å². The molecule has 2 heterocycles. The van der Waals surface area contributed by atoms with Crippen LogP contribution in [0.4, 0.5) is 5.82 Å². The second-order valence-electron chi connectivity index (χ2n) is 7.74. The highest BCUT2D eigenvalue weighted by molar-refractivity contribution is 7.90. The van der Waals surface area contributed by atoms with Gasteiger partial charge in [0.2, 0.25) is 0 Å². The molecule has 2 atom stereocenters. The molecule has 0 unspecified atom stereocenters. The number of pyridine rings is 1. The molecule has 0 saturated carbocycles. The third-order valence-electron chi connectivity index (χ3n) is 4.49.